The standard InChI is InChI=1S/C20H30N4O5S2/c1-11(2)6-13(17(26)20(4)10-29-20)24-18(27)14(9-30-5)23-16(25)8-22-19(28)15-7-21-12(3)31-15/h7,11,13-14H,6,8-10H2,1-5H3,(H,22,28)(H,23,25)(H,24,27)/t13-,14+,20+/m0/s1. The highest BCUT2D eigenvalue weighted by atomic mass is 32.2. The second-order valence-electron chi connectivity index (χ2n) is 8.08. The fourth-order valence-corrected chi connectivity index (χ4v) is 4.17. The lowest BCUT2D eigenvalue weighted by atomic mass is 9.93. The highest BCUT2D eigenvalue weighted by molar-refractivity contribution is 7.98. The van der Waals surface area contributed by atoms with Crippen molar-refractivity contribution in [2.24, 2.45) is 5.92 Å². The van der Waals surface area contributed by atoms with E-state index in [2.05, 4.69) is 20.9 Å². The number of thiazole rings is 1. The van der Waals surface area contributed by atoms with Crippen molar-refractivity contribution in [2.75, 3.05) is 25.2 Å². The zero-order valence-corrected chi connectivity index (χ0v) is 20.1. The van der Waals surface area contributed by atoms with Crippen LogP contribution in [0.5, 0.6) is 0 Å². The molecule has 0 spiro atoms. The van der Waals surface area contributed by atoms with Crippen LogP contribution in [0.25, 0.3) is 0 Å². The van der Waals surface area contributed by atoms with E-state index in [1.807, 2.05) is 20.1 Å². The van der Waals surface area contributed by atoms with Crippen LogP contribution in [0.4, 0.5) is 0 Å². The number of Topliss-reactive ketones (excluding diaryl/α,β-unsaturated/α-hetero) is 1. The highest BCUT2D eigenvalue weighted by Crippen LogP contribution is 2.29. The Balaban J connectivity index is 1.94. The first-order chi connectivity index (χ1) is 14.6. The van der Waals surface area contributed by atoms with Crippen LogP contribution in [0.3, 0.4) is 0 Å². The molecule has 0 bridgehead atoms. The smallest absolute Gasteiger partial charge is 0.263 e. The van der Waals surface area contributed by atoms with Gasteiger partial charge in [0.2, 0.25) is 11.8 Å². The van der Waals surface area contributed by atoms with E-state index in [9.17, 15) is 19.2 Å². The van der Waals surface area contributed by atoms with Crippen LogP contribution in [0, 0.1) is 12.8 Å². The number of nitrogens with zero attached hydrogens (tertiary/aromatic N) is 1. The molecule has 9 nitrogen and oxygen atoms in total. The molecule has 1 saturated heterocycles. The predicted octanol–water partition coefficient (Wildman–Crippen LogP) is 0.918. The van der Waals surface area contributed by atoms with E-state index in [1.165, 1.54) is 29.3 Å². The van der Waals surface area contributed by atoms with Gasteiger partial charge in [-0.15, -0.1) is 11.3 Å². The molecule has 172 valence electrons. The van der Waals surface area contributed by atoms with Gasteiger partial charge in [0.25, 0.3) is 5.91 Å². The minimum absolute atomic E-state index is 0.157. The number of amides is 3. The van der Waals surface area contributed by atoms with Gasteiger partial charge in [-0.3, -0.25) is 19.2 Å². The number of nitrogens with one attached hydrogen (secondary N) is 3. The summed E-state index contributed by atoms with van der Waals surface area (Å²) in [5.41, 5.74) is -0.843. The van der Waals surface area contributed by atoms with Gasteiger partial charge in [0, 0.05) is 5.75 Å². The molecule has 0 saturated carbocycles. The molecule has 0 radical (unpaired) electrons. The summed E-state index contributed by atoms with van der Waals surface area (Å²) in [4.78, 5) is 54.4. The minimum atomic E-state index is -0.843. The number of carbonyl (C=O) groups excluding carboxylic acids is 4. The third kappa shape index (κ3) is 7.58. The Morgan fingerprint density at radius 3 is 2.45 bits per heavy atom. The SMILES string of the molecule is CSC[C@@H](NC(=O)CNC(=O)c1cnc(C)s1)C(=O)N[C@@H](CC(C)C)C(=O)[C@@]1(C)CO1. The Labute approximate surface area is 190 Å². The van der Waals surface area contributed by atoms with Gasteiger partial charge in [0.05, 0.1) is 30.4 Å². The summed E-state index contributed by atoms with van der Waals surface area (Å²) in [6.45, 7) is 7.51. The molecular weight excluding hydrogens is 440 g/mol. The lowest BCUT2D eigenvalue weighted by Crippen LogP contribution is -2.55. The van der Waals surface area contributed by atoms with Crippen molar-refractivity contribution in [1.29, 1.82) is 0 Å². The van der Waals surface area contributed by atoms with Gasteiger partial charge in [-0.1, -0.05) is 13.8 Å². The molecule has 1 aliphatic rings. The van der Waals surface area contributed by atoms with Crippen LogP contribution in [-0.4, -0.2) is 71.3 Å². The van der Waals surface area contributed by atoms with Crippen molar-refractivity contribution < 1.29 is 23.9 Å². The van der Waals surface area contributed by atoms with Gasteiger partial charge >= 0.3 is 0 Å². The molecule has 11 heteroatoms. The molecule has 3 atom stereocenters. The minimum Gasteiger partial charge on any atom is -0.361 e. The molecule has 1 aliphatic heterocycles. The molecule has 2 heterocycles. The number of epoxide rings is 1. The van der Waals surface area contributed by atoms with E-state index in [1.54, 1.807) is 13.8 Å². The van der Waals surface area contributed by atoms with E-state index < -0.39 is 35.4 Å². The molecule has 1 aromatic rings. The molecule has 0 aromatic carbocycles. The highest BCUT2D eigenvalue weighted by Gasteiger charge is 2.50. The first-order valence-electron chi connectivity index (χ1n) is 10.0. The number of rotatable bonds is 12. The zero-order chi connectivity index (χ0) is 23.2. The Kier molecular flexibility index (Phi) is 9.01. The topological polar surface area (TPSA) is 130 Å². The molecule has 0 unspecified atom stereocenters. The fraction of sp³-hybridized carbons (Fsp3) is 0.650. The van der Waals surface area contributed by atoms with Crippen molar-refractivity contribution in [2.45, 2.75) is 51.8 Å². The first-order valence-corrected chi connectivity index (χ1v) is 12.2. The quantitative estimate of drug-likeness (QED) is 0.387. The lowest BCUT2D eigenvalue weighted by molar-refractivity contribution is -0.132. The summed E-state index contributed by atoms with van der Waals surface area (Å²) >= 11 is 2.62. The predicted molar refractivity (Wildman–Crippen MR) is 120 cm³/mol. The van der Waals surface area contributed by atoms with Gasteiger partial charge in [-0.05, 0) is 32.4 Å². The number of hydrogen-bond donors (Lipinski definition) is 3. The molecular formula is C20H30N4O5S2. The van der Waals surface area contributed by atoms with Crippen LogP contribution in [0.1, 0.15) is 41.9 Å². The molecule has 3 amide bonds. The summed E-state index contributed by atoms with van der Waals surface area (Å²) < 4.78 is 5.25. The first kappa shape index (κ1) is 25.3. The maximum atomic E-state index is 12.8. The van der Waals surface area contributed by atoms with E-state index >= 15 is 0 Å². The molecule has 31 heavy (non-hydrogen) atoms. The number of aryl methyl sites for hydroxylation is 1. The largest absolute Gasteiger partial charge is 0.361 e. The van der Waals surface area contributed by atoms with Crippen LogP contribution >= 0.6 is 23.1 Å². The summed E-state index contributed by atoms with van der Waals surface area (Å²) in [5.74, 6) is -0.961. The maximum Gasteiger partial charge on any atom is 0.263 e. The van der Waals surface area contributed by atoms with Gasteiger partial charge < -0.3 is 20.7 Å². The van der Waals surface area contributed by atoms with Crippen molar-refractivity contribution in [3.63, 3.8) is 0 Å². The van der Waals surface area contributed by atoms with Crippen molar-refractivity contribution >= 4 is 46.6 Å². The molecule has 1 aromatic heterocycles. The summed E-state index contributed by atoms with van der Waals surface area (Å²) in [6.07, 6.45) is 3.75. The average Bonchev–Trinajstić information content (AvgIpc) is 3.30. The van der Waals surface area contributed by atoms with Crippen LogP contribution < -0.4 is 16.0 Å². The maximum absolute atomic E-state index is 12.8. The van der Waals surface area contributed by atoms with E-state index in [0.29, 0.717) is 23.7 Å². The average molecular weight is 471 g/mol. The second kappa shape index (κ2) is 11.1. The van der Waals surface area contributed by atoms with E-state index in [4.69, 9.17) is 4.74 Å². The van der Waals surface area contributed by atoms with Crippen LogP contribution in [-0.2, 0) is 19.1 Å². The number of ether oxygens (including phenoxy) is 1. The second-order valence-corrected chi connectivity index (χ2v) is 10.2. The van der Waals surface area contributed by atoms with Gasteiger partial charge in [0.15, 0.2) is 5.78 Å². The lowest BCUT2D eigenvalue weighted by Gasteiger charge is -2.24. The van der Waals surface area contributed by atoms with Crippen LogP contribution in [0.15, 0.2) is 6.20 Å². The Morgan fingerprint density at radius 1 is 1.26 bits per heavy atom. The number of thioether (sulfide) groups is 1. The number of carbonyl (C=O) groups is 4. The number of hydrogen-bond acceptors (Lipinski definition) is 8. The Hall–Kier alpha value is -1.98. The third-order valence-corrected chi connectivity index (χ3v) is 6.26. The summed E-state index contributed by atoms with van der Waals surface area (Å²) in [5, 5.41) is 8.70. The van der Waals surface area contributed by atoms with Gasteiger partial charge in [-0.2, -0.15) is 11.8 Å². The molecule has 2 rings (SSSR count). The van der Waals surface area contributed by atoms with E-state index in [-0.39, 0.29) is 18.2 Å². The van der Waals surface area contributed by atoms with Gasteiger partial charge in [0.1, 0.15) is 16.5 Å². The number of ketones is 1. The third-order valence-electron chi connectivity index (χ3n) is 4.68. The van der Waals surface area contributed by atoms with Gasteiger partial charge in [-0.25, -0.2) is 4.98 Å². The molecule has 3 N–H and O–H groups in total. The Bertz CT molecular complexity index is 822. The van der Waals surface area contributed by atoms with Crippen molar-refractivity contribution in [1.82, 2.24) is 20.9 Å². The summed E-state index contributed by atoms with van der Waals surface area (Å²) in [7, 11) is 0. The molecule has 1 fully saturated rings. The van der Waals surface area contributed by atoms with Crippen LogP contribution in [0.2, 0.25) is 0 Å². The normalized spacial score (nSPS) is 19.4. The summed E-state index contributed by atoms with van der Waals surface area (Å²) in [6, 6.07) is -1.52. The van der Waals surface area contributed by atoms with E-state index in [0.717, 1.165) is 5.01 Å². The number of aromatic nitrogens is 1. The molecule has 0 aliphatic carbocycles. The fourth-order valence-electron chi connectivity index (χ4n) is 2.90. The zero-order valence-electron chi connectivity index (χ0n) is 18.4. The Morgan fingerprint density at radius 2 is 1.94 bits per heavy atom. The monoisotopic (exact) mass is 470 g/mol. The van der Waals surface area contributed by atoms with Crippen molar-refractivity contribution in [3.05, 3.63) is 16.1 Å². The van der Waals surface area contributed by atoms with Crippen molar-refractivity contribution in [3.8, 4) is 0 Å².